The van der Waals surface area contributed by atoms with Crippen molar-refractivity contribution in [2.45, 2.75) is 83.2 Å². The maximum atomic E-state index is 13.3. The maximum Gasteiger partial charge on any atom is 0.416 e. The molecular weight excluding hydrogens is 533 g/mol. The Morgan fingerprint density at radius 1 is 1.18 bits per heavy atom. The van der Waals surface area contributed by atoms with E-state index >= 15 is 0 Å². The number of rotatable bonds is 6. The van der Waals surface area contributed by atoms with Gasteiger partial charge in [0, 0.05) is 35.1 Å². The zero-order valence-electron chi connectivity index (χ0n) is 22.3. The molecule has 1 aromatic carbocycles. The number of nitrogens with one attached hydrogen (secondary N) is 2. The Balaban J connectivity index is 1.43. The molecule has 3 N–H and O–H groups in total. The summed E-state index contributed by atoms with van der Waals surface area (Å²) in [4.78, 5) is 44.4. The van der Waals surface area contributed by atoms with Crippen LogP contribution in [-0.4, -0.2) is 63.0 Å². The third kappa shape index (κ3) is 6.27. The molecule has 4 atom stereocenters. The molecular formula is C27H33F3N4O4S. The Labute approximate surface area is 229 Å². The van der Waals surface area contributed by atoms with Gasteiger partial charge in [0.1, 0.15) is 6.04 Å². The summed E-state index contributed by atoms with van der Waals surface area (Å²) in [6.07, 6.45) is -2.55. The molecule has 0 spiro atoms. The fourth-order valence-electron chi connectivity index (χ4n) is 5.62. The lowest BCUT2D eigenvalue weighted by atomic mass is 9.68. The molecule has 212 valence electrons. The highest BCUT2D eigenvalue weighted by atomic mass is 32.1. The van der Waals surface area contributed by atoms with E-state index in [1.54, 1.807) is 11.8 Å². The third-order valence-electron chi connectivity index (χ3n) is 7.43. The zero-order valence-corrected chi connectivity index (χ0v) is 23.1. The number of amides is 2. The summed E-state index contributed by atoms with van der Waals surface area (Å²) in [6, 6.07) is 3.36. The first-order valence-electron chi connectivity index (χ1n) is 12.8. The average Bonchev–Trinajstić information content (AvgIpc) is 3.46. The number of carbonyl (C=O) groups is 3. The zero-order chi connectivity index (χ0) is 28.8. The number of aliphatic carboxylic acids is 1. The molecule has 8 nitrogen and oxygen atoms in total. The van der Waals surface area contributed by atoms with Crippen LogP contribution in [-0.2, 0) is 15.8 Å². The Hall–Kier alpha value is -2.99. The van der Waals surface area contributed by atoms with Crippen molar-refractivity contribution in [2.75, 3.05) is 6.54 Å². The topological polar surface area (TPSA) is 112 Å². The summed E-state index contributed by atoms with van der Waals surface area (Å²) in [5.74, 6) is -1.90. The highest BCUT2D eigenvalue weighted by Gasteiger charge is 2.52. The smallest absolute Gasteiger partial charge is 0.416 e. The Kier molecular flexibility index (Phi) is 7.83. The van der Waals surface area contributed by atoms with Crippen LogP contribution >= 0.6 is 11.3 Å². The van der Waals surface area contributed by atoms with Crippen LogP contribution in [0.4, 0.5) is 13.2 Å². The van der Waals surface area contributed by atoms with E-state index < -0.39 is 41.1 Å². The van der Waals surface area contributed by atoms with Crippen molar-refractivity contribution in [3.8, 4) is 11.3 Å². The molecule has 1 saturated carbocycles. The quantitative estimate of drug-likeness (QED) is 0.473. The number of hydrogen-bond donors (Lipinski definition) is 3. The molecule has 1 saturated heterocycles. The van der Waals surface area contributed by atoms with Crippen LogP contribution in [0.5, 0.6) is 0 Å². The van der Waals surface area contributed by atoms with E-state index in [-0.39, 0.29) is 33.8 Å². The molecule has 1 aliphatic heterocycles. The predicted molar refractivity (Wildman–Crippen MR) is 140 cm³/mol. The number of hydrogen-bond acceptors (Lipinski definition) is 6. The van der Waals surface area contributed by atoms with Gasteiger partial charge in [0.15, 0.2) is 5.01 Å². The third-order valence-corrected chi connectivity index (χ3v) is 8.27. The summed E-state index contributed by atoms with van der Waals surface area (Å²) < 4.78 is 39.2. The van der Waals surface area contributed by atoms with E-state index in [1.807, 2.05) is 20.8 Å². The first-order chi connectivity index (χ1) is 18.1. The normalized spacial score (nSPS) is 26.1. The minimum atomic E-state index is -4.50. The highest BCUT2D eigenvalue weighted by Crippen LogP contribution is 2.41. The van der Waals surface area contributed by atoms with Gasteiger partial charge in [-0.25, -0.2) is 4.98 Å². The molecule has 2 aliphatic rings. The van der Waals surface area contributed by atoms with Crippen molar-refractivity contribution in [1.82, 2.24) is 20.5 Å². The van der Waals surface area contributed by atoms with Crippen molar-refractivity contribution >= 4 is 29.1 Å². The van der Waals surface area contributed by atoms with Gasteiger partial charge in [-0.05, 0) is 65.5 Å². The van der Waals surface area contributed by atoms with E-state index in [4.69, 9.17) is 0 Å². The van der Waals surface area contributed by atoms with Gasteiger partial charge in [0.05, 0.1) is 16.7 Å². The van der Waals surface area contributed by atoms with E-state index in [0.29, 0.717) is 25.8 Å². The highest BCUT2D eigenvalue weighted by molar-refractivity contribution is 7.12. The second kappa shape index (κ2) is 10.5. The molecule has 1 unspecified atom stereocenters. The van der Waals surface area contributed by atoms with Crippen molar-refractivity contribution in [3.63, 3.8) is 0 Å². The molecule has 12 heteroatoms. The van der Waals surface area contributed by atoms with Crippen molar-refractivity contribution in [1.29, 1.82) is 0 Å². The van der Waals surface area contributed by atoms with Crippen LogP contribution in [0, 0.1) is 5.41 Å². The minimum absolute atomic E-state index is 0.00600. The molecule has 2 fully saturated rings. The Morgan fingerprint density at radius 3 is 2.54 bits per heavy atom. The van der Waals surface area contributed by atoms with Crippen LogP contribution in [0.15, 0.2) is 29.6 Å². The van der Waals surface area contributed by atoms with Crippen molar-refractivity contribution in [3.05, 3.63) is 40.2 Å². The number of carboxylic acid groups (broad SMARTS) is 1. The summed E-state index contributed by atoms with van der Waals surface area (Å²) in [7, 11) is 0. The Morgan fingerprint density at radius 2 is 1.90 bits per heavy atom. The predicted octanol–water partition coefficient (Wildman–Crippen LogP) is 4.56. The summed E-state index contributed by atoms with van der Waals surface area (Å²) in [6.45, 7) is 8.08. The van der Waals surface area contributed by atoms with Gasteiger partial charge < -0.3 is 20.6 Å². The van der Waals surface area contributed by atoms with E-state index in [9.17, 15) is 32.7 Å². The molecule has 2 amide bonds. The second-order valence-corrected chi connectivity index (χ2v) is 12.4. The summed E-state index contributed by atoms with van der Waals surface area (Å²) in [5, 5.41) is 17.8. The SMILES string of the molecule is CC(C)(C)N[C@@H]1CC[C@H](N2CCC(NC(=O)c3nc(-c4cccc(C(F)(F)F)c4)cs3)C2=O)[C@](C)(C(=O)O)C1. The number of carboxylic acids is 1. The second-order valence-electron chi connectivity index (χ2n) is 11.6. The van der Waals surface area contributed by atoms with Crippen LogP contribution in [0.1, 0.15) is 68.7 Å². The van der Waals surface area contributed by atoms with Gasteiger partial charge in [0.2, 0.25) is 5.91 Å². The van der Waals surface area contributed by atoms with E-state index in [0.717, 1.165) is 29.9 Å². The lowest BCUT2D eigenvalue weighted by Crippen LogP contribution is -2.59. The number of carbonyl (C=O) groups excluding carboxylic acids is 2. The molecule has 1 aromatic heterocycles. The van der Waals surface area contributed by atoms with Crippen LogP contribution in [0.2, 0.25) is 0 Å². The number of alkyl halides is 3. The number of aromatic nitrogens is 1. The molecule has 1 aliphatic carbocycles. The lowest BCUT2D eigenvalue weighted by molar-refractivity contribution is -0.158. The van der Waals surface area contributed by atoms with Gasteiger partial charge in [-0.1, -0.05) is 12.1 Å². The van der Waals surface area contributed by atoms with Crippen molar-refractivity contribution in [2.24, 2.45) is 5.41 Å². The van der Waals surface area contributed by atoms with Gasteiger partial charge in [-0.3, -0.25) is 14.4 Å². The molecule has 2 aromatic rings. The number of benzene rings is 1. The molecule has 0 bridgehead atoms. The Bertz CT molecular complexity index is 1260. The standard InChI is InChI=1S/C27H33F3N4O4S/c1-25(2,3)33-17-8-9-20(26(4,13-17)24(37)38)34-11-10-18(23(34)36)31-21(35)22-32-19(14-39-22)15-6-5-7-16(12-15)27(28,29)30/h5-7,12,14,17-18,20,33H,8-11,13H2,1-4H3,(H,31,35)(H,37,38)/t17-,18?,20+,26-/m1/s1. The summed E-state index contributed by atoms with van der Waals surface area (Å²) in [5.41, 5.74) is -1.68. The van der Waals surface area contributed by atoms with Crippen molar-refractivity contribution < 1.29 is 32.7 Å². The molecule has 2 heterocycles. The van der Waals surface area contributed by atoms with Crippen LogP contribution < -0.4 is 10.6 Å². The number of nitrogens with zero attached hydrogens (tertiary/aromatic N) is 2. The molecule has 0 radical (unpaired) electrons. The largest absolute Gasteiger partial charge is 0.481 e. The van der Waals surface area contributed by atoms with Gasteiger partial charge in [0.25, 0.3) is 5.91 Å². The maximum absolute atomic E-state index is 13.3. The number of halogens is 3. The van der Waals surface area contributed by atoms with E-state index in [1.165, 1.54) is 17.5 Å². The first-order valence-corrected chi connectivity index (χ1v) is 13.7. The van der Waals surface area contributed by atoms with Gasteiger partial charge in [-0.2, -0.15) is 13.2 Å². The molecule has 4 rings (SSSR count). The molecule has 39 heavy (non-hydrogen) atoms. The fourth-order valence-corrected chi connectivity index (χ4v) is 6.35. The van der Waals surface area contributed by atoms with E-state index in [2.05, 4.69) is 15.6 Å². The van der Waals surface area contributed by atoms with Crippen LogP contribution in [0.25, 0.3) is 11.3 Å². The number of thiazole rings is 1. The van der Waals surface area contributed by atoms with Gasteiger partial charge in [-0.15, -0.1) is 11.3 Å². The fraction of sp³-hybridized carbons (Fsp3) is 0.556. The lowest BCUT2D eigenvalue weighted by Gasteiger charge is -2.47. The van der Waals surface area contributed by atoms with Crippen LogP contribution in [0.3, 0.4) is 0 Å². The van der Waals surface area contributed by atoms with Gasteiger partial charge >= 0.3 is 12.1 Å². The summed E-state index contributed by atoms with van der Waals surface area (Å²) >= 11 is 0.974. The average molecular weight is 567 g/mol. The minimum Gasteiger partial charge on any atom is -0.481 e. The monoisotopic (exact) mass is 566 g/mol. The first kappa shape index (κ1) is 29.0. The number of likely N-dealkylation sites (tertiary alicyclic amines) is 1.